The molecule has 244 valence electrons. The van der Waals surface area contributed by atoms with Gasteiger partial charge in [0.05, 0.1) is 18.8 Å². The van der Waals surface area contributed by atoms with E-state index in [4.69, 9.17) is 0 Å². The van der Waals surface area contributed by atoms with E-state index in [2.05, 4.69) is 55.6 Å². The second kappa shape index (κ2) is 33.8. The molecule has 2 atom stereocenters. The Kier molecular flexibility index (Phi) is 32.5. The van der Waals surface area contributed by atoms with Gasteiger partial charge in [0.1, 0.15) is 0 Å². The average molecular weight is 588 g/mol. The van der Waals surface area contributed by atoms with Crippen molar-refractivity contribution in [1.82, 2.24) is 5.32 Å². The number of hydrogen-bond donors (Lipinski definition) is 3. The number of amides is 1. The van der Waals surface area contributed by atoms with Gasteiger partial charge in [-0.2, -0.15) is 0 Å². The molecule has 0 aliphatic carbocycles. The smallest absolute Gasteiger partial charge is 0.220 e. The molecule has 0 aliphatic heterocycles. The Balaban J connectivity index is 3.68. The lowest BCUT2D eigenvalue weighted by Crippen LogP contribution is -2.45. The van der Waals surface area contributed by atoms with E-state index in [0.717, 1.165) is 38.5 Å². The zero-order valence-electron chi connectivity index (χ0n) is 27.8. The van der Waals surface area contributed by atoms with Crippen molar-refractivity contribution in [2.45, 2.75) is 180 Å². The Morgan fingerprint density at radius 3 is 1.45 bits per heavy atom. The lowest BCUT2D eigenvalue weighted by atomic mass is 10.1. The van der Waals surface area contributed by atoms with Crippen molar-refractivity contribution in [3.8, 4) is 0 Å². The first-order chi connectivity index (χ1) is 20.7. The normalized spacial score (nSPS) is 13.7. The van der Waals surface area contributed by atoms with Crippen LogP contribution in [0, 0.1) is 0 Å². The summed E-state index contributed by atoms with van der Waals surface area (Å²) in [5, 5.41) is 22.8. The van der Waals surface area contributed by atoms with Gasteiger partial charge in [-0.1, -0.05) is 146 Å². The topological polar surface area (TPSA) is 69.6 Å². The van der Waals surface area contributed by atoms with E-state index in [1.165, 1.54) is 109 Å². The number of nitrogens with one attached hydrogen (secondary N) is 1. The Morgan fingerprint density at radius 2 is 0.952 bits per heavy atom. The van der Waals surface area contributed by atoms with Crippen molar-refractivity contribution in [1.29, 1.82) is 0 Å². The van der Waals surface area contributed by atoms with E-state index < -0.39 is 12.1 Å². The Bertz CT molecular complexity index is 682. The molecule has 0 aromatic carbocycles. The van der Waals surface area contributed by atoms with Crippen molar-refractivity contribution in [3.05, 3.63) is 48.6 Å². The number of unbranched alkanes of at least 4 members (excludes halogenated alkanes) is 18. The largest absolute Gasteiger partial charge is 0.394 e. The molecule has 0 rings (SSSR count). The number of aliphatic hydroxyl groups is 2. The van der Waals surface area contributed by atoms with Crippen LogP contribution >= 0.6 is 0 Å². The van der Waals surface area contributed by atoms with Gasteiger partial charge >= 0.3 is 0 Å². The molecule has 0 fully saturated rings. The standard InChI is InChI=1S/C38H69NO3/c1-3-5-7-9-11-13-15-17-18-19-20-21-22-24-26-28-30-32-34-38(42)39-36(35-40)37(41)33-31-29-27-25-23-16-14-12-10-8-6-4-2/h10,12,18-19,23,25,31,33,36-37,40-41H,3-9,11,13-17,20-22,24,26-30,32,34-35H2,1-2H3,(H,39,42)/b12-10+,19-18-,25-23+,33-31+. The maximum atomic E-state index is 12.3. The molecule has 0 bridgehead atoms. The molecule has 0 saturated heterocycles. The van der Waals surface area contributed by atoms with Crippen LogP contribution in [-0.4, -0.2) is 34.9 Å². The Labute approximate surface area is 261 Å². The van der Waals surface area contributed by atoms with Crippen LogP contribution in [0.25, 0.3) is 0 Å². The fraction of sp³-hybridized carbons (Fsp3) is 0.763. The molecule has 1 amide bonds. The molecular weight excluding hydrogens is 518 g/mol. The second-order valence-corrected chi connectivity index (χ2v) is 11.9. The van der Waals surface area contributed by atoms with Gasteiger partial charge in [-0.05, 0) is 64.2 Å². The summed E-state index contributed by atoms with van der Waals surface area (Å²) in [6.07, 6.45) is 44.8. The predicted molar refractivity (Wildman–Crippen MR) is 184 cm³/mol. The molecule has 0 heterocycles. The summed E-state index contributed by atoms with van der Waals surface area (Å²) in [4.78, 5) is 12.3. The van der Waals surface area contributed by atoms with Crippen molar-refractivity contribution in [2.24, 2.45) is 0 Å². The quantitative estimate of drug-likeness (QED) is 0.0558. The van der Waals surface area contributed by atoms with E-state index in [1.807, 2.05) is 6.08 Å². The minimum atomic E-state index is -0.869. The highest BCUT2D eigenvalue weighted by atomic mass is 16.3. The third-order valence-corrected chi connectivity index (χ3v) is 7.76. The van der Waals surface area contributed by atoms with E-state index in [1.54, 1.807) is 6.08 Å². The molecule has 0 aliphatic rings. The van der Waals surface area contributed by atoms with Gasteiger partial charge in [-0.3, -0.25) is 4.79 Å². The van der Waals surface area contributed by atoms with Gasteiger partial charge in [0.15, 0.2) is 0 Å². The molecule has 42 heavy (non-hydrogen) atoms. The van der Waals surface area contributed by atoms with Crippen LogP contribution < -0.4 is 5.32 Å². The molecule has 3 N–H and O–H groups in total. The van der Waals surface area contributed by atoms with Crippen LogP contribution in [0.15, 0.2) is 48.6 Å². The summed E-state index contributed by atoms with van der Waals surface area (Å²) in [5.74, 6) is -0.0866. The minimum Gasteiger partial charge on any atom is -0.394 e. The maximum absolute atomic E-state index is 12.3. The van der Waals surface area contributed by atoms with Crippen LogP contribution in [-0.2, 0) is 4.79 Å². The van der Waals surface area contributed by atoms with Gasteiger partial charge < -0.3 is 15.5 Å². The second-order valence-electron chi connectivity index (χ2n) is 11.9. The summed E-state index contributed by atoms with van der Waals surface area (Å²) >= 11 is 0. The number of carbonyl (C=O) groups excluding carboxylic acids is 1. The number of rotatable bonds is 31. The van der Waals surface area contributed by atoms with Crippen molar-refractivity contribution < 1.29 is 15.0 Å². The first-order valence-electron chi connectivity index (χ1n) is 17.9. The third-order valence-electron chi connectivity index (χ3n) is 7.76. The summed E-state index contributed by atoms with van der Waals surface area (Å²) in [6.45, 7) is 4.22. The summed E-state index contributed by atoms with van der Waals surface area (Å²) < 4.78 is 0. The summed E-state index contributed by atoms with van der Waals surface area (Å²) in [5.41, 5.74) is 0. The van der Waals surface area contributed by atoms with E-state index in [-0.39, 0.29) is 12.5 Å². The average Bonchev–Trinajstić information content (AvgIpc) is 2.99. The van der Waals surface area contributed by atoms with Crippen molar-refractivity contribution >= 4 is 5.91 Å². The van der Waals surface area contributed by atoms with Crippen molar-refractivity contribution in [3.63, 3.8) is 0 Å². The summed E-state index contributed by atoms with van der Waals surface area (Å²) in [7, 11) is 0. The van der Waals surface area contributed by atoms with Crippen LogP contribution in [0.4, 0.5) is 0 Å². The highest BCUT2D eigenvalue weighted by Gasteiger charge is 2.17. The molecule has 0 spiro atoms. The molecule has 0 radical (unpaired) electrons. The predicted octanol–water partition coefficient (Wildman–Crippen LogP) is 10.5. The molecule has 0 aromatic rings. The Morgan fingerprint density at radius 1 is 0.548 bits per heavy atom. The highest BCUT2D eigenvalue weighted by Crippen LogP contribution is 2.12. The van der Waals surface area contributed by atoms with Crippen LogP contribution in [0.1, 0.15) is 168 Å². The minimum absolute atomic E-state index is 0.0866. The van der Waals surface area contributed by atoms with Gasteiger partial charge in [0, 0.05) is 6.42 Å². The van der Waals surface area contributed by atoms with E-state index in [0.29, 0.717) is 6.42 Å². The van der Waals surface area contributed by atoms with Crippen molar-refractivity contribution in [2.75, 3.05) is 6.61 Å². The molecule has 4 nitrogen and oxygen atoms in total. The number of hydrogen-bond acceptors (Lipinski definition) is 3. The summed E-state index contributed by atoms with van der Waals surface area (Å²) in [6, 6.07) is -0.645. The number of aliphatic hydroxyl groups excluding tert-OH is 2. The van der Waals surface area contributed by atoms with Gasteiger partial charge in [0.25, 0.3) is 0 Å². The van der Waals surface area contributed by atoms with E-state index in [9.17, 15) is 15.0 Å². The monoisotopic (exact) mass is 588 g/mol. The van der Waals surface area contributed by atoms with Gasteiger partial charge in [0.2, 0.25) is 5.91 Å². The fourth-order valence-corrected chi connectivity index (χ4v) is 4.95. The number of carbonyl (C=O) groups is 1. The van der Waals surface area contributed by atoms with E-state index >= 15 is 0 Å². The maximum Gasteiger partial charge on any atom is 0.220 e. The molecule has 0 aromatic heterocycles. The first-order valence-corrected chi connectivity index (χ1v) is 17.9. The molecular formula is C38H69NO3. The fourth-order valence-electron chi connectivity index (χ4n) is 4.95. The third kappa shape index (κ3) is 29.8. The Hall–Kier alpha value is -1.65. The number of allylic oxidation sites excluding steroid dienone is 7. The lowest BCUT2D eigenvalue weighted by molar-refractivity contribution is -0.123. The molecule has 2 unspecified atom stereocenters. The zero-order chi connectivity index (χ0) is 30.8. The first kappa shape index (κ1) is 40.4. The van der Waals surface area contributed by atoms with Crippen LogP contribution in [0.5, 0.6) is 0 Å². The zero-order valence-corrected chi connectivity index (χ0v) is 27.8. The molecule has 0 saturated carbocycles. The van der Waals surface area contributed by atoms with Gasteiger partial charge in [-0.25, -0.2) is 0 Å². The SMILES string of the molecule is CCCC/C=C/CC/C=C/CC/C=C/C(O)C(CO)NC(=O)CCCCCCCCC/C=C\CCCCCCCCC. The van der Waals surface area contributed by atoms with Gasteiger partial charge in [-0.15, -0.1) is 0 Å². The molecule has 4 heteroatoms. The highest BCUT2D eigenvalue weighted by molar-refractivity contribution is 5.76. The lowest BCUT2D eigenvalue weighted by Gasteiger charge is -2.19. The van der Waals surface area contributed by atoms with Crippen LogP contribution in [0.2, 0.25) is 0 Å². The van der Waals surface area contributed by atoms with Crippen LogP contribution in [0.3, 0.4) is 0 Å².